The Morgan fingerprint density at radius 3 is 2.54 bits per heavy atom. The normalized spacial score (nSPS) is 14.5. The van der Waals surface area contributed by atoms with Crippen LogP contribution in [0.3, 0.4) is 0 Å². The second kappa shape index (κ2) is 6.90. The Balaban J connectivity index is 1.82. The molecule has 1 amide bonds. The molecule has 1 saturated heterocycles. The molecular weight excluding hydrogens is 314 g/mol. The first-order valence-electron chi connectivity index (χ1n) is 7.90. The maximum Gasteiger partial charge on any atom is 0.272 e. The molecule has 5 nitrogen and oxygen atoms in total. The summed E-state index contributed by atoms with van der Waals surface area (Å²) in [6.07, 6.45) is 3.13. The first-order valence-corrected chi connectivity index (χ1v) is 7.90. The van der Waals surface area contributed by atoms with Crippen molar-refractivity contribution in [2.75, 3.05) is 18.4 Å². The zero-order valence-corrected chi connectivity index (χ0v) is 13.4. The van der Waals surface area contributed by atoms with Crippen molar-refractivity contribution < 1.29 is 13.6 Å². The molecule has 1 aliphatic heterocycles. The monoisotopic (exact) mass is 332 g/mol. The first kappa shape index (κ1) is 16.3. The van der Waals surface area contributed by atoms with Crippen LogP contribution in [0, 0.1) is 18.6 Å². The molecule has 1 aromatic heterocycles. The van der Waals surface area contributed by atoms with Crippen LogP contribution in [0.4, 0.5) is 20.3 Å². The quantitative estimate of drug-likeness (QED) is 0.935. The maximum absolute atomic E-state index is 13.3. The summed E-state index contributed by atoms with van der Waals surface area (Å²) in [5, 5.41) is 2.88. The minimum atomic E-state index is -0.949. The van der Waals surface area contributed by atoms with Gasteiger partial charge in [0.15, 0.2) is 11.6 Å². The van der Waals surface area contributed by atoms with E-state index in [0.29, 0.717) is 23.0 Å². The van der Waals surface area contributed by atoms with E-state index in [0.717, 1.165) is 44.5 Å². The predicted octanol–water partition coefficient (Wildman–Crippen LogP) is 3.43. The second-order valence-electron chi connectivity index (χ2n) is 5.79. The summed E-state index contributed by atoms with van der Waals surface area (Å²) in [4.78, 5) is 22.7. The van der Waals surface area contributed by atoms with E-state index in [1.807, 2.05) is 0 Å². The molecule has 0 bridgehead atoms. The van der Waals surface area contributed by atoms with Gasteiger partial charge >= 0.3 is 0 Å². The summed E-state index contributed by atoms with van der Waals surface area (Å²) in [5.74, 6) is -1.19. The second-order valence-corrected chi connectivity index (χ2v) is 5.79. The number of anilines is 2. The molecule has 0 atom stereocenters. The zero-order valence-electron chi connectivity index (χ0n) is 13.4. The van der Waals surface area contributed by atoms with Crippen LogP contribution in [0.2, 0.25) is 0 Å². The van der Waals surface area contributed by atoms with E-state index in [9.17, 15) is 13.6 Å². The molecule has 1 aromatic carbocycles. The number of hydrogen-bond acceptors (Lipinski definition) is 4. The standard InChI is InChI=1S/C17H18F2N4O/c1-11-20-15(17(24)23-7-3-2-4-8-23)10-16(21-11)22-12-5-6-13(18)14(19)9-12/h5-6,9-10H,2-4,7-8H2,1H3,(H,20,21,22). The van der Waals surface area contributed by atoms with Crippen LogP contribution in [0.15, 0.2) is 24.3 Å². The third-order valence-electron chi connectivity index (χ3n) is 3.89. The number of rotatable bonds is 3. The summed E-state index contributed by atoms with van der Waals surface area (Å²) < 4.78 is 26.3. The number of hydrogen-bond donors (Lipinski definition) is 1. The fourth-order valence-electron chi connectivity index (χ4n) is 2.72. The number of aromatic nitrogens is 2. The van der Waals surface area contributed by atoms with Gasteiger partial charge in [-0.1, -0.05) is 0 Å². The Morgan fingerprint density at radius 2 is 1.83 bits per heavy atom. The van der Waals surface area contributed by atoms with Gasteiger partial charge in [-0.2, -0.15) is 0 Å². The van der Waals surface area contributed by atoms with Crippen molar-refractivity contribution >= 4 is 17.4 Å². The number of aryl methyl sites for hydroxylation is 1. The number of nitrogens with zero attached hydrogens (tertiary/aromatic N) is 3. The molecule has 2 heterocycles. The SMILES string of the molecule is Cc1nc(Nc2ccc(F)c(F)c2)cc(C(=O)N2CCCCC2)n1. The van der Waals surface area contributed by atoms with E-state index in [1.54, 1.807) is 11.8 Å². The minimum absolute atomic E-state index is 0.131. The molecule has 0 unspecified atom stereocenters. The van der Waals surface area contributed by atoms with Gasteiger partial charge in [0.05, 0.1) is 0 Å². The fraction of sp³-hybridized carbons (Fsp3) is 0.353. The Morgan fingerprint density at radius 1 is 1.08 bits per heavy atom. The van der Waals surface area contributed by atoms with Crippen LogP contribution in [0.5, 0.6) is 0 Å². The number of nitrogens with one attached hydrogen (secondary N) is 1. The third kappa shape index (κ3) is 3.67. The molecular formula is C17H18F2N4O. The number of likely N-dealkylation sites (tertiary alicyclic amines) is 1. The molecule has 7 heteroatoms. The van der Waals surface area contributed by atoms with Gasteiger partial charge in [-0.3, -0.25) is 4.79 Å². The number of carbonyl (C=O) groups excluding carboxylic acids is 1. The molecule has 126 valence electrons. The molecule has 0 saturated carbocycles. The van der Waals surface area contributed by atoms with Gasteiger partial charge in [0.1, 0.15) is 17.3 Å². The van der Waals surface area contributed by atoms with Crippen molar-refractivity contribution in [3.8, 4) is 0 Å². The molecule has 2 aromatic rings. The highest BCUT2D eigenvalue weighted by Gasteiger charge is 2.20. The molecule has 1 N–H and O–H groups in total. The lowest BCUT2D eigenvalue weighted by molar-refractivity contribution is 0.0718. The van der Waals surface area contributed by atoms with E-state index in [2.05, 4.69) is 15.3 Å². The van der Waals surface area contributed by atoms with Crippen LogP contribution in [-0.4, -0.2) is 33.9 Å². The van der Waals surface area contributed by atoms with E-state index in [4.69, 9.17) is 0 Å². The highest BCUT2D eigenvalue weighted by atomic mass is 19.2. The number of carbonyl (C=O) groups is 1. The lowest BCUT2D eigenvalue weighted by Crippen LogP contribution is -2.36. The Bertz CT molecular complexity index is 760. The Kier molecular flexibility index (Phi) is 4.69. The van der Waals surface area contributed by atoms with Crippen LogP contribution < -0.4 is 5.32 Å². The number of halogens is 2. The van der Waals surface area contributed by atoms with Crippen molar-refractivity contribution in [3.05, 3.63) is 47.4 Å². The average molecular weight is 332 g/mol. The lowest BCUT2D eigenvalue weighted by atomic mass is 10.1. The van der Waals surface area contributed by atoms with Gasteiger partial charge in [-0.25, -0.2) is 18.7 Å². The summed E-state index contributed by atoms with van der Waals surface area (Å²) in [6.45, 7) is 3.14. The number of benzene rings is 1. The van der Waals surface area contributed by atoms with Crippen LogP contribution >= 0.6 is 0 Å². The summed E-state index contributed by atoms with van der Waals surface area (Å²) in [7, 11) is 0. The van der Waals surface area contributed by atoms with Gasteiger partial charge in [-0.05, 0) is 38.3 Å². The van der Waals surface area contributed by atoms with Gasteiger partial charge in [0.2, 0.25) is 0 Å². The van der Waals surface area contributed by atoms with E-state index >= 15 is 0 Å². The highest BCUT2D eigenvalue weighted by Crippen LogP contribution is 2.19. The average Bonchev–Trinajstić information content (AvgIpc) is 2.58. The molecule has 1 aliphatic rings. The molecule has 3 rings (SSSR count). The maximum atomic E-state index is 13.3. The zero-order chi connectivity index (χ0) is 17.1. The Hall–Kier alpha value is -2.57. The molecule has 0 spiro atoms. The highest BCUT2D eigenvalue weighted by molar-refractivity contribution is 5.93. The minimum Gasteiger partial charge on any atom is -0.340 e. The van der Waals surface area contributed by atoms with Crippen LogP contribution in [0.25, 0.3) is 0 Å². The van der Waals surface area contributed by atoms with Gasteiger partial charge in [-0.15, -0.1) is 0 Å². The predicted molar refractivity (Wildman–Crippen MR) is 86.2 cm³/mol. The van der Waals surface area contributed by atoms with E-state index in [1.165, 1.54) is 12.1 Å². The van der Waals surface area contributed by atoms with Gasteiger partial charge in [0, 0.05) is 30.9 Å². The van der Waals surface area contributed by atoms with Gasteiger partial charge < -0.3 is 10.2 Å². The third-order valence-corrected chi connectivity index (χ3v) is 3.89. The summed E-state index contributed by atoms with van der Waals surface area (Å²) >= 11 is 0. The number of piperidine rings is 1. The fourth-order valence-corrected chi connectivity index (χ4v) is 2.72. The summed E-state index contributed by atoms with van der Waals surface area (Å²) in [5.41, 5.74) is 0.651. The molecule has 1 fully saturated rings. The van der Waals surface area contributed by atoms with Gasteiger partial charge in [0.25, 0.3) is 5.91 Å². The first-order chi connectivity index (χ1) is 11.5. The molecule has 24 heavy (non-hydrogen) atoms. The van der Waals surface area contributed by atoms with E-state index in [-0.39, 0.29) is 5.91 Å². The Labute approximate surface area is 138 Å². The molecule has 0 aliphatic carbocycles. The molecule has 0 radical (unpaired) electrons. The smallest absolute Gasteiger partial charge is 0.272 e. The van der Waals surface area contributed by atoms with Crippen LogP contribution in [0.1, 0.15) is 35.6 Å². The topological polar surface area (TPSA) is 58.1 Å². The largest absolute Gasteiger partial charge is 0.340 e. The number of amides is 1. The van der Waals surface area contributed by atoms with Crippen molar-refractivity contribution in [2.45, 2.75) is 26.2 Å². The van der Waals surface area contributed by atoms with Crippen molar-refractivity contribution in [1.82, 2.24) is 14.9 Å². The van der Waals surface area contributed by atoms with Crippen molar-refractivity contribution in [2.24, 2.45) is 0 Å². The van der Waals surface area contributed by atoms with Crippen molar-refractivity contribution in [1.29, 1.82) is 0 Å². The van der Waals surface area contributed by atoms with Crippen molar-refractivity contribution in [3.63, 3.8) is 0 Å². The van der Waals surface area contributed by atoms with E-state index < -0.39 is 11.6 Å². The lowest BCUT2D eigenvalue weighted by Gasteiger charge is -2.26. The summed E-state index contributed by atoms with van der Waals surface area (Å²) in [6, 6.07) is 5.01. The van der Waals surface area contributed by atoms with Crippen LogP contribution in [-0.2, 0) is 0 Å².